The van der Waals surface area contributed by atoms with E-state index in [4.69, 9.17) is 14.7 Å². The number of aliphatic hydroxyl groups excluding tert-OH is 2. The molecule has 4 aromatic rings. The molecule has 5 heterocycles. The number of ether oxygens (including phenoxy) is 1. The van der Waals surface area contributed by atoms with Gasteiger partial charge in [-0.05, 0) is 43.8 Å². The molecule has 0 bridgehead atoms. The highest BCUT2D eigenvalue weighted by Crippen LogP contribution is 2.33. The van der Waals surface area contributed by atoms with E-state index in [1.165, 1.54) is 17.1 Å². The number of aryl methyl sites for hydroxylation is 2. The van der Waals surface area contributed by atoms with Crippen molar-refractivity contribution >= 4 is 22.9 Å². The fourth-order valence-corrected chi connectivity index (χ4v) is 4.19. The third kappa shape index (κ3) is 4.77. The second-order valence-electron chi connectivity index (χ2n) is 8.74. The van der Waals surface area contributed by atoms with Crippen LogP contribution in [0.2, 0.25) is 0 Å². The molecule has 1 aliphatic rings. The molecular weight excluding hydrogens is 476 g/mol. The van der Waals surface area contributed by atoms with Gasteiger partial charge >= 0.3 is 0 Å². The molecule has 4 N–H and O–H groups in total. The maximum absolute atomic E-state index is 12.3. The van der Waals surface area contributed by atoms with E-state index in [2.05, 4.69) is 32.2 Å². The van der Waals surface area contributed by atoms with Crippen molar-refractivity contribution in [1.29, 1.82) is 0 Å². The average Bonchev–Trinajstić information content (AvgIpc) is 3.43. The van der Waals surface area contributed by atoms with Gasteiger partial charge in [0.1, 0.15) is 12.2 Å². The molecule has 1 saturated heterocycles. The zero-order valence-corrected chi connectivity index (χ0v) is 20.2. The van der Waals surface area contributed by atoms with Gasteiger partial charge in [0.25, 0.3) is 5.91 Å². The van der Waals surface area contributed by atoms with Crippen LogP contribution in [-0.4, -0.2) is 63.9 Å². The summed E-state index contributed by atoms with van der Waals surface area (Å²) in [7, 11) is 0. The van der Waals surface area contributed by atoms with Crippen molar-refractivity contribution in [2.45, 2.75) is 44.9 Å². The minimum atomic E-state index is -1.46. The molecule has 0 aliphatic carbocycles. The van der Waals surface area contributed by atoms with Gasteiger partial charge in [-0.25, -0.2) is 15.0 Å². The molecule has 0 radical (unpaired) electrons. The fourth-order valence-electron chi connectivity index (χ4n) is 4.19. The number of carbonyl (C=O) groups is 1. The van der Waals surface area contributed by atoms with Gasteiger partial charge in [-0.2, -0.15) is 0 Å². The number of carbonyl (C=O) groups excluding carboxylic acids is 1. The van der Waals surface area contributed by atoms with E-state index in [1.54, 1.807) is 12.4 Å². The van der Waals surface area contributed by atoms with Crippen LogP contribution < -0.4 is 10.6 Å². The van der Waals surface area contributed by atoms with Crippen LogP contribution in [0.3, 0.4) is 0 Å². The first-order valence-corrected chi connectivity index (χ1v) is 11.6. The number of aromatic nitrogens is 6. The van der Waals surface area contributed by atoms with E-state index in [9.17, 15) is 15.0 Å². The predicted molar refractivity (Wildman–Crippen MR) is 134 cm³/mol. The Morgan fingerprint density at radius 3 is 2.78 bits per heavy atom. The fraction of sp³-hybridized carbons (Fsp3) is 0.280. The average molecular weight is 503 g/mol. The van der Waals surface area contributed by atoms with Crippen molar-refractivity contribution in [3.63, 3.8) is 0 Å². The SMILES string of the molecule is C=CNC(=O)[C@H]1O[C@@H](n2cnc3c(NCc4cccc(C)n4)nc(-c4cncc(C)c4)nc32)[C@H](O)[C@@H]1O. The summed E-state index contributed by atoms with van der Waals surface area (Å²) in [5.74, 6) is 0.194. The summed E-state index contributed by atoms with van der Waals surface area (Å²) in [4.78, 5) is 34.9. The van der Waals surface area contributed by atoms with Crippen LogP contribution in [0.4, 0.5) is 5.82 Å². The summed E-state index contributed by atoms with van der Waals surface area (Å²) in [6.45, 7) is 7.66. The smallest absolute Gasteiger partial charge is 0.255 e. The molecular formula is C25H26N8O4. The lowest BCUT2D eigenvalue weighted by Crippen LogP contribution is -2.40. The van der Waals surface area contributed by atoms with E-state index >= 15 is 0 Å². The number of nitrogens with one attached hydrogen (secondary N) is 2. The Bertz CT molecular complexity index is 1470. The van der Waals surface area contributed by atoms with E-state index in [0.29, 0.717) is 34.9 Å². The topological polar surface area (TPSA) is 160 Å². The lowest BCUT2D eigenvalue weighted by atomic mass is 10.1. The maximum Gasteiger partial charge on any atom is 0.255 e. The van der Waals surface area contributed by atoms with Crippen molar-refractivity contribution in [3.8, 4) is 11.4 Å². The molecule has 5 rings (SSSR count). The predicted octanol–water partition coefficient (Wildman–Crippen LogP) is 1.39. The normalized spacial score (nSPS) is 21.2. The number of rotatable bonds is 7. The first-order chi connectivity index (χ1) is 17.9. The number of fused-ring (bicyclic) bond motifs is 1. The zero-order valence-electron chi connectivity index (χ0n) is 20.2. The van der Waals surface area contributed by atoms with Crippen molar-refractivity contribution in [2.24, 2.45) is 0 Å². The van der Waals surface area contributed by atoms with Gasteiger partial charge in [0, 0.05) is 23.7 Å². The summed E-state index contributed by atoms with van der Waals surface area (Å²) in [6, 6.07) is 7.65. The van der Waals surface area contributed by atoms with Crippen molar-refractivity contribution < 1.29 is 19.7 Å². The minimum absolute atomic E-state index is 0.340. The first-order valence-electron chi connectivity index (χ1n) is 11.6. The van der Waals surface area contributed by atoms with Gasteiger partial charge in [0.2, 0.25) is 0 Å². The lowest BCUT2D eigenvalue weighted by Gasteiger charge is -2.17. The van der Waals surface area contributed by atoms with Crippen LogP contribution >= 0.6 is 0 Å². The van der Waals surface area contributed by atoms with Crippen LogP contribution in [-0.2, 0) is 16.1 Å². The maximum atomic E-state index is 12.3. The molecule has 0 unspecified atom stereocenters. The molecule has 4 atom stereocenters. The molecule has 4 aromatic heterocycles. The molecule has 12 heteroatoms. The Morgan fingerprint density at radius 2 is 2.03 bits per heavy atom. The molecule has 1 aliphatic heterocycles. The quantitative estimate of drug-likeness (QED) is 0.291. The van der Waals surface area contributed by atoms with Crippen LogP contribution in [0.1, 0.15) is 23.2 Å². The summed E-state index contributed by atoms with van der Waals surface area (Å²) in [5, 5.41) is 26.9. The summed E-state index contributed by atoms with van der Waals surface area (Å²) in [6.07, 6.45) is 0.699. The van der Waals surface area contributed by atoms with Crippen LogP contribution in [0.25, 0.3) is 22.6 Å². The molecule has 0 spiro atoms. The first kappa shape index (κ1) is 24.4. The highest BCUT2D eigenvalue weighted by molar-refractivity contribution is 5.85. The molecule has 37 heavy (non-hydrogen) atoms. The summed E-state index contributed by atoms with van der Waals surface area (Å²) >= 11 is 0. The molecule has 0 aromatic carbocycles. The molecule has 0 saturated carbocycles. The van der Waals surface area contributed by atoms with Crippen LogP contribution in [0, 0.1) is 13.8 Å². The zero-order chi connectivity index (χ0) is 26.1. The lowest BCUT2D eigenvalue weighted by molar-refractivity contribution is -0.136. The minimum Gasteiger partial charge on any atom is -0.387 e. The summed E-state index contributed by atoms with van der Waals surface area (Å²) < 4.78 is 7.24. The number of anilines is 1. The Balaban J connectivity index is 1.57. The standard InChI is InChI=1S/C25H26N8O4/c1-4-27-24(36)20-18(34)19(35)25(37-20)33-12-29-17-22(28-11-16-7-5-6-14(3)30-16)31-21(32-23(17)33)15-8-13(2)9-26-10-15/h4-10,12,18-20,25,34-35H,1,11H2,2-3H3,(H,27,36)(H,28,31,32)/t18-,19+,20-,25+/m0/s1. The van der Waals surface area contributed by atoms with E-state index < -0.39 is 30.4 Å². The number of nitrogens with zero attached hydrogens (tertiary/aromatic N) is 6. The van der Waals surface area contributed by atoms with Gasteiger partial charge in [-0.1, -0.05) is 12.6 Å². The Morgan fingerprint density at radius 1 is 1.19 bits per heavy atom. The number of imidazole rings is 1. The Kier molecular flexibility index (Phi) is 6.61. The molecule has 1 amide bonds. The van der Waals surface area contributed by atoms with Crippen molar-refractivity contribution in [2.75, 3.05) is 5.32 Å². The van der Waals surface area contributed by atoms with Gasteiger partial charge in [0.15, 0.2) is 35.1 Å². The Hall–Kier alpha value is -4.26. The second-order valence-corrected chi connectivity index (χ2v) is 8.74. The van der Waals surface area contributed by atoms with Crippen molar-refractivity contribution in [1.82, 2.24) is 34.8 Å². The third-order valence-electron chi connectivity index (χ3n) is 5.95. The monoisotopic (exact) mass is 502 g/mol. The van der Waals surface area contributed by atoms with Crippen LogP contribution in [0.15, 0.2) is 55.8 Å². The largest absolute Gasteiger partial charge is 0.387 e. The number of hydrogen-bond donors (Lipinski definition) is 4. The van der Waals surface area contributed by atoms with Crippen LogP contribution in [0.5, 0.6) is 0 Å². The van der Waals surface area contributed by atoms with Gasteiger partial charge in [0.05, 0.1) is 18.6 Å². The highest BCUT2D eigenvalue weighted by atomic mass is 16.6. The summed E-state index contributed by atoms with van der Waals surface area (Å²) in [5.41, 5.74) is 4.08. The van der Waals surface area contributed by atoms with E-state index in [-0.39, 0.29) is 0 Å². The highest BCUT2D eigenvalue weighted by Gasteiger charge is 2.47. The number of aliphatic hydroxyl groups is 2. The number of pyridine rings is 2. The third-order valence-corrected chi connectivity index (χ3v) is 5.95. The molecule has 190 valence electrons. The number of hydrogen-bond acceptors (Lipinski definition) is 10. The van der Waals surface area contributed by atoms with Gasteiger partial charge < -0.3 is 25.6 Å². The van der Waals surface area contributed by atoms with E-state index in [0.717, 1.165) is 17.0 Å². The Labute approximate surface area is 212 Å². The van der Waals surface area contributed by atoms with Crippen molar-refractivity contribution in [3.05, 3.63) is 72.7 Å². The van der Waals surface area contributed by atoms with E-state index in [1.807, 2.05) is 38.1 Å². The second kappa shape index (κ2) is 10.0. The molecule has 1 fully saturated rings. The van der Waals surface area contributed by atoms with Gasteiger partial charge in [-0.15, -0.1) is 0 Å². The van der Waals surface area contributed by atoms with Gasteiger partial charge in [-0.3, -0.25) is 19.3 Å². The number of amides is 1. The molecule has 12 nitrogen and oxygen atoms in total.